The molecule has 0 aliphatic heterocycles. The molecule has 0 saturated carbocycles. The van der Waals surface area contributed by atoms with E-state index in [0.29, 0.717) is 31.2 Å². The first-order chi connectivity index (χ1) is 14.8. The second-order valence-electron chi connectivity index (χ2n) is 6.85. The minimum absolute atomic E-state index is 0.0309. The van der Waals surface area contributed by atoms with Crippen molar-refractivity contribution >= 4 is 35.0 Å². The fourth-order valence-electron chi connectivity index (χ4n) is 2.85. The fourth-order valence-corrected chi connectivity index (χ4v) is 3.35. The molecule has 1 atom stereocenters. The van der Waals surface area contributed by atoms with Crippen molar-refractivity contribution in [1.29, 1.82) is 0 Å². The van der Waals surface area contributed by atoms with Crippen molar-refractivity contribution in [3.05, 3.63) is 74.3 Å². The van der Waals surface area contributed by atoms with Gasteiger partial charge in [0.2, 0.25) is 0 Å². The summed E-state index contributed by atoms with van der Waals surface area (Å²) in [6.07, 6.45) is -10.7. The van der Waals surface area contributed by atoms with Gasteiger partial charge in [-0.1, -0.05) is 29.3 Å². The minimum atomic E-state index is -5.28. The molecule has 0 fully saturated rings. The number of benzene rings is 2. The molecule has 2 nitrogen and oxygen atoms in total. The summed E-state index contributed by atoms with van der Waals surface area (Å²) in [6.45, 7) is 0.343. The quantitative estimate of drug-likeness (QED) is 0.398. The fraction of sp³-hybridized carbons (Fsp3) is 0.250. The van der Waals surface area contributed by atoms with Crippen LogP contribution in [0.4, 0.5) is 39.5 Å². The van der Waals surface area contributed by atoms with Crippen LogP contribution in [-0.2, 0) is 12.1 Å². The average Bonchev–Trinajstić information content (AvgIpc) is 2.64. The van der Waals surface area contributed by atoms with Crippen LogP contribution >= 0.6 is 23.2 Å². The number of hydrogen-bond donors (Lipinski definition) is 1. The second-order valence-corrected chi connectivity index (χ2v) is 7.63. The lowest BCUT2D eigenvalue weighted by Gasteiger charge is -2.21. The second kappa shape index (κ2) is 9.09. The van der Waals surface area contributed by atoms with Gasteiger partial charge in [0, 0.05) is 18.1 Å². The van der Waals surface area contributed by atoms with E-state index in [-0.39, 0.29) is 12.1 Å². The Balaban J connectivity index is 2.69. The van der Waals surface area contributed by atoms with E-state index >= 15 is 0 Å². The summed E-state index contributed by atoms with van der Waals surface area (Å²) < 4.78 is 122. The van der Waals surface area contributed by atoms with Crippen LogP contribution < -0.4 is 0 Å². The van der Waals surface area contributed by atoms with E-state index < -0.39 is 73.9 Å². The van der Waals surface area contributed by atoms with Crippen molar-refractivity contribution in [3.8, 4) is 0 Å². The number of carbonyl (C=O) groups is 1. The summed E-state index contributed by atoms with van der Waals surface area (Å²) in [4.78, 5) is 11.0. The summed E-state index contributed by atoms with van der Waals surface area (Å²) in [6, 6.07) is 1.90. The number of halogens is 11. The molecular weight excluding hydrogens is 514 g/mol. The Bertz CT molecular complexity index is 1100. The smallest absolute Gasteiger partial charge is 0.417 e. The molecule has 0 amide bonds. The highest BCUT2D eigenvalue weighted by Gasteiger charge is 2.42. The van der Waals surface area contributed by atoms with E-state index in [0.717, 1.165) is 0 Å². The van der Waals surface area contributed by atoms with E-state index in [1.54, 1.807) is 0 Å². The lowest BCUT2D eigenvalue weighted by atomic mass is 9.93. The van der Waals surface area contributed by atoms with Gasteiger partial charge < -0.3 is 5.11 Å². The van der Waals surface area contributed by atoms with Crippen molar-refractivity contribution in [2.24, 2.45) is 0 Å². The summed E-state index contributed by atoms with van der Waals surface area (Å²) in [5.41, 5.74) is -6.06. The molecule has 0 radical (unpaired) electrons. The average molecular weight is 525 g/mol. The van der Waals surface area contributed by atoms with Crippen molar-refractivity contribution in [1.82, 2.24) is 0 Å². The molecule has 2 aromatic rings. The summed E-state index contributed by atoms with van der Waals surface area (Å²) in [7, 11) is 0. The highest BCUT2D eigenvalue weighted by atomic mass is 35.5. The Hall–Kier alpha value is -2.40. The highest BCUT2D eigenvalue weighted by molar-refractivity contribution is 6.42. The third-order valence-corrected chi connectivity index (χ3v) is 5.18. The van der Waals surface area contributed by atoms with Gasteiger partial charge in [0.1, 0.15) is 11.7 Å². The van der Waals surface area contributed by atoms with Gasteiger partial charge in [-0.3, -0.25) is 0 Å². The summed E-state index contributed by atoms with van der Waals surface area (Å²) >= 11 is 11.3. The normalized spacial score (nSPS) is 14.4. The summed E-state index contributed by atoms with van der Waals surface area (Å²) in [5.74, 6) is -10.4. The molecule has 2 aromatic carbocycles. The number of carboxylic acid groups (broad SMARTS) is 1. The number of allylic oxidation sites excluding steroid dienone is 1. The SMILES string of the molecule is CC(F)(F)c1cc(C(C=C(F)c2ccc(C(=O)O)c(C(F)(F)F)c2)C(F)(F)F)cc(Cl)c1Cl. The number of carboxylic acids is 1. The Kier molecular flexibility index (Phi) is 7.40. The molecule has 0 spiro atoms. The van der Waals surface area contributed by atoms with Gasteiger partial charge in [-0.2, -0.15) is 26.3 Å². The largest absolute Gasteiger partial charge is 0.478 e. The highest BCUT2D eigenvalue weighted by Crippen LogP contribution is 2.44. The lowest BCUT2D eigenvalue weighted by molar-refractivity contribution is -0.140. The molecule has 2 rings (SSSR count). The van der Waals surface area contributed by atoms with Crippen molar-refractivity contribution < 1.29 is 49.4 Å². The number of alkyl halides is 8. The monoisotopic (exact) mass is 524 g/mol. The molecular formula is C20H11Cl2F9O2. The first-order valence-corrected chi connectivity index (χ1v) is 9.35. The van der Waals surface area contributed by atoms with Crippen LogP contribution in [0.2, 0.25) is 10.0 Å². The molecule has 180 valence electrons. The van der Waals surface area contributed by atoms with Crippen molar-refractivity contribution in [3.63, 3.8) is 0 Å². The van der Waals surface area contributed by atoms with Gasteiger partial charge in [-0.05, 0) is 35.9 Å². The third kappa shape index (κ3) is 6.14. The molecule has 0 heterocycles. The predicted molar refractivity (Wildman–Crippen MR) is 102 cm³/mol. The van der Waals surface area contributed by atoms with Crippen LogP contribution in [0.3, 0.4) is 0 Å². The van der Waals surface area contributed by atoms with Crippen LogP contribution in [-0.4, -0.2) is 17.3 Å². The predicted octanol–water partition coefficient (Wildman–Crippen LogP) is 8.48. The van der Waals surface area contributed by atoms with E-state index in [4.69, 9.17) is 28.3 Å². The van der Waals surface area contributed by atoms with Crippen LogP contribution in [0.25, 0.3) is 5.83 Å². The molecule has 33 heavy (non-hydrogen) atoms. The number of hydrogen-bond acceptors (Lipinski definition) is 1. The maximum Gasteiger partial charge on any atom is 0.417 e. The molecule has 0 saturated heterocycles. The van der Waals surface area contributed by atoms with Crippen LogP contribution in [0, 0.1) is 0 Å². The van der Waals surface area contributed by atoms with Crippen LogP contribution in [0.1, 0.15) is 45.5 Å². The molecule has 1 N–H and O–H groups in total. The standard InChI is InChI=1S/C20H11Cl2F9O2/c1-18(24,25)13-5-9(6-14(21)16(13)22)11(19(26,27)28)7-15(23)8-2-3-10(17(32)33)12(4-8)20(29,30)31/h2-7,11H,1H3,(H,32,33). The Morgan fingerprint density at radius 1 is 0.970 bits per heavy atom. The molecule has 0 bridgehead atoms. The van der Waals surface area contributed by atoms with Gasteiger partial charge >= 0.3 is 18.3 Å². The van der Waals surface area contributed by atoms with E-state index in [1.165, 1.54) is 0 Å². The van der Waals surface area contributed by atoms with Crippen LogP contribution in [0.5, 0.6) is 0 Å². The zero-order valence-corrected chi connectivity index (χ0v) is 17.6. The number of aromatic carboxylic acids is 1. The molecule has 0 aliphatic carbocycles. The molecule has 1 unspecified atom stereocenters. The van der Waals surface area contributed by atoms with E-state index in [1.807, 2.05) is 0 Å². The lowest BCUT2D eigenvalue weighted by Crippen LogP contribution is -2.20. The van der Waals surface area contributed by atoms with Gasteiger partial charge in [-0.25, -0.2) is 18.0 Å². The maximum atomic E-state index is 14.7. The third-order valence-electron chi connectivity index (χ3n) is 4.38. The topological polar surface area (TPSA) is 37.3 Å². The van der Waals surface area contributed by atoms with Crippen molar-refractivity contribution in [2.75, 3.05) is 0 Å². The Morgan fingerprint density at radius 3 is 2.00 bits per heavy atom. The molecule has 0 aliphatic rings. The van der Waals surface area contributed by atoms with Crippen LogP contribution in [0.15, 0.2) is 36.4 Å². The van der Waals surface area contributed by atoms with Crippen molar-refractivity contribution in [2.45, 2.75) is 31.1 Å². The van der Waals surface area contributed by atoms with Gasteiger partial charge in [0.15, 0.2) is 0 Å². The van der Waals surface area contributed by atoms with Gasteiger partial charge in [-0.15, -0.1) is 0 Å². The maximum absolute atomic E-state index is 14.7. The first kappa shape index (κ1) is 26.8. The first-order valence-electron chi connectivity index (χ1n) is 8.60. The minimum Gasteiger partial charge on any atom is -0.478 e. The number of rotatable bonds is 5. The zero-order valence-electron chi connectivity index (χ0n) is 16.1. The molecule has 0 aromatic heterocycles. The summed E-state index contributed by atoms with van der Waals surface area (Å²) in [5, 5.41) is 7.45. The van der Waals surface area contributed by atoms with E-state index in [9.17, 15) is 44.3 Å². The van der Waals surface area contributed by atoms with Gasteiger partial charge in [0.25, 0.3) is 5.92 Å². The van der Waals surface area contributed by atoms with Gasteiger partial charge in [0.05, 0.1) is 21.2 Å². The zero-order chi connectivity index (χ0) is 25.5. The molecule has 13 heteroatoms. The van der Waals surface area contributed by atoms with E-state index in [2.05, 4.69) is 0 Å². The Morgan fingerprint density at radius 2 is 1.55 bits per heavy atom. The Labute approximate surface area is 190 Å².